The van der Waals surface area contributed by atoms with Crippen LogP contribution in [0.3, 0.4) is 0 Å². The number of aromatic nitrogens is 1. The maximum atomic E-state index is 13.2. The highest BCUT2D eigenvalue weighted by molar-refractivity contribution is 8.19. The number of thioether (sulfide) groups is 1. The molecule has 0 aliphatic carbocycles. The zero-order valence-electron chi connectivity index (χ0n) is 18.8. The van der Waals surface area contributed by atoms with Gasteiger partial charge in [0, 0.05) is 35.3 Å². The molecule has 0 radical (unpaired) electrons. The van der Waals surface area contributed by atoms with E-state index in [0.717, 1.165) is 71.0 Å². The molecule has 34 heavy (non-hydrogen) atoms. The number of likely N-dealkylation sites (tertiary alicyclic amines) is 1. The highest BCUT2D eigenvalue weighted by Crippen LogP contribution is 2.38. The van der Waals surface area contributed by atoms with Crippen molar-refractivity contribution in [2.45, 2.75) is 32.7 Å². The zero-order valence-corrected chi connectivity index (χ0v) is 20.4. The summed E-state index contributed by atoms with van der Waals surface area (Å²) in [6.07, 6.45) is 6.60. The lowest BCUT2D eigenvalue weighted by Crippen LogP contribution is -2.30. The topological polar surface area (TPSA) is 62.6 Å². The van der Waals surface area contributed by atoms with Gasteiger partial charge in [-0.25, -0.2) is 4.90 Å². The average molecular weight is 494 g/mol. The van der Waals surface area contributed by atoms with Gasteiger partial charge in [0.15, 0.2) is 0 Å². The second kappa shape index (κ2) is 9.31. The predicted molar refractivity (Wildman–Crippen MR) is 137 cm³/mol. The number of amides is 3. The third-order valence-corrected chi connectivity index (χ3v) is 7.41. The number of hydrogen-bond donors (Lipinski definition) is 0. The molecule has 3 aromatic rings. The molecule has 174 valence electrons. The molecule has 0 N–H and O–H groups in total. The number of halogens is 1. The fourth-order valence-corrected chi connectivity index (χ4v) is 5.67. The van der Waals surface area contributed by atoms with Gasteiger partial charge in [-0.05, 0) is 60.9 Å². The number of benzene rings is 2. The first-order chi connectivity index (χ1) is 16.5. The number of nitrogens with zero attached hydrogens (tertiary/aromatic N) is 3. The Morgan fingerprint density at radius 2 is 1.88 bits per heavy atom. The molecule has 1 aromatic heterocycles. The molecule has 3 amide bonds. The van der Waals surface area contributed by atoms with Crippen LogP contribution < -0.4 is 4.90 Å². The molecule has 0 unspecified atom stereocenters. The van der Waals surface area contributed by atoms with Crippen LogP contribution in [0.15, 0.2) is 53.6 Å². The molecule has 0 spiro atoms. The third kappa shape index (κ3) is 4.14. The molecule has 3 heterocycles. The fraction of sp³-hybridized carbons (Fsp3) is 0.269. The number of imide groups is 1. The van der Waals surface area contributed by atoms with E-state index in [2.05, 4.69) is 13.0 Å². The second-order valence-corrected chi connectivity index (χ2v) is 9.89. The van der Waals surface area contributed by atoms with Crippen LogP contribution in [0.2, 0.25) is 5.02 Å². The van der Waals surface area contributed by atoms with Gasteiger partial charge in [-0.2, -0.15) is 0 Å². The molecule has 8 heteroatoms. The monoisotopic (exact) mass is 493 g/mol. The van der Waals surface area contributed by atoms with Crippen LogP contribution in [-0.4, -0.2) is 39.6 Å². The molecular formula is C26H24ClN3O3S. The summed E-state index contributed by atoms with van der Waals surface area (Å²) in [7, 11) is 0. The zero-order chi connectivity index (χ0) is 23.8. The maximum absolute atomic E-state index is 13.2. The summed E-state index contributed by atoms with van der Waals surface area (Å²) in [5.41, 5.74) is 3.40. The van der Waals surface area contributed by atoms with Gasteiger partial charge < -0.3 is 9.47 Å². The van der Waals surface area contributed by atoms with Gasteiger partial charge in [0.2, 0.25) is 5.91 Å². The van der Waals surface area contributed by atoms with Crippen molar-refractivity contribution in [3.63, 3.8) is 0 Å². The van der Waals surface area contributed by atoms with Crippen LogP contribution in [0.25, 0.3) is 17.0 Å². The van der Waals surface area contributed by atoms with E-state index >= 15 is 0 Å². The first kappa shape index (κ1) is 22.7. The molecule has 0 bridgehead atoms. The van der Waals surface area contributed by atoms with Gasteiger partial charge in [-0.1, -0.05) is 42.8 Å². The van der Waals surface area contributed by atoms with Crippen LogP contribution in [-0.2, 0) is 22.6 Å². The molecule has 2 aliphatic heterocycles. The number of aryl methyl sites for hydroxylation is 1. The minimum atomic E-state index is -0.377. The first-order valence-corrected chi connectivity index (χ1v) is 12.6. The molecule has 2 saturated heterocycles. The van der Waals surface area contributed by atoms with Crippen molar-refractivity contribution in [2.24, 2.45) is 0 Å². The Labute approximate surface area is 207 Å². The molecule has 0 saturated carbocycles. The Balaban J connectivity index is 1.53. The molecule has 2 aromatic carbocycles. The van der Waals surface area contributed by atoms with Gasteiger partial charge in [-0.3, -0.25) is 14.4 Å². The van der Waals surface area contributed by atoms with Crippen molar-refractivity contribution in [1.29, 1.82) is 0 Å². The minimum absolute atomic E-state index is 0.105. The number of rotatable bonds is 5. The van der Waals surface area contributed by atoms with Crippen molar-refractivity contribution < 1.29 is 14.4 Å². The van der Waals surface area contributed by atoms with E-state index in [0.29, 0.717) is 15.6 Å². The minimum Gasteiger partial charge on any atom is -0.341 e. The molecule has 2 fully saturated rings. The SMILES string of the molecule is CCc1cccc2c(/C=C3\SC(=O)N(c4cccc(Cl)c4)C3=O)cn(CC(=O)N3CCCC3)c12. The lowest BCUT2D eigenvalue weighted by molar-refractivity contribution is -0.130. The number of carbonyl (C=O) groups is 3. The summed E-state index contributed by atoms with van der Waals surface area (Å²) in [6, 6.07) is 12.8. The lowest BCUT2D eigenvalue weighted by Gasteiger charge is -2.16. The van der Waals surface area contributed by atoms with Gasteiger partial charge in [0.1, 0.15) is 6.54 Å². The van der Waals surface area contributed by atoms with Crippen molar-refractivity contribution in [3.8, 4) is 0 Å². The number of para-hydroxylation sites is 1. The molecular weight excluding hydrogens is 470 g/mol. The van der Waals surface area contributed by atoms with E-state index < -0.39 is 0 Å². The van der Waals surface area contributed by atoms with E-state index in [4.69, 9.17) is 11.6 Å². The molecule has 2 aliphatic rings. The van der Waals surface area contributed by atoms with E-state index in [9.17, 15) is 14.4 Å². The Morgan fingerprint density at radius 1 is 1.12 bits per heavy atom. The molecule has 6 nitrogen and oxygen atoms in total. The Kier molecular flexibility index (Phi) is 6.23. The van der Waals surface area contributed by atoms with Crippen LogP contribution in [0.5, 0.6) is 0 Å². The van der Waals surface area contributed by atoms with Gasteiger partial charge >= 0.3 is 0 Å². The van der Waals surface area contributed by atoms with Gasteiger partial charge in [0.05, 0.1) is 16.1 Å². The summed E-state index contributed by atoms with van der Waals surface area (Å²) in [5.74, 6) is -0.272. The standard InChI is InChI=1S/C26H24ClN3O3S/c1-2-17-7-5-10-21-18(15-29(24(17)21)16-23(31)28-11-3-4-12-28)13-22-25(32)30(26(33)34-22)20-9-6-8-19(27)14-20/h5-10,13-15H,2-4,11-12,16H2,1H3/b22-13-. The first-order valence-electron chi connectivity index (χ1n) is 11.4. The van der Waals surface area contributed by atoms with Crippen LogP contribution >= 0.6 is 23.4 Å². The predicted octanol–water partition coefficient (Wildman–Crippen LogP) is 5.72. The van der Waals surface area contributed by atoms with Crippen molar-refractivity contribution in [3.05, 3.63) is 69.7 Å². The molecule has 0 atom stereocenters. The summed E-state index contributed by atoms with van der Waals surface area (Å²) in [5, 5.41) is 1.06. The number of carbonyl (C=O) groups excluding carboxylic acids is 3. The highest BCUT2D eigenvalue weighted by Gasteiger charge is 2.36. The van der Waals surface area contributed by atoms with E-state index in [1.54, 1.807) is 30.3 Å². The van der Waals surface area contributed by atoms with E-state index in [-0.39, 0.29) is 23.6 Å². The Hall–Kier alpha value is -3.03. The molecule has 5 rings (SSSR count). The average Bonchev–Trinajstić information content (AvgIpc) is 3.53. The van der Waals surface area contributed by atoms with Crippen molar-refractivity contribution >= 4 is 63.1 Å². The number of fused-ring (bicyclic) bond motifs is 1. The third-order valence-electron chi connectivity index (χ3n) is 6.30. The van der Waals surface area contributed by atoms with Crippen LogP contribution in [0.1, 0.15) is 30.9 Å². The summed E-state index contributed by atoms with van der Waals surface area (Å²) in [6.45, 7) is 3.96. The van der Waals surface area contributed by atoms with E-state index in [1.165, 1.54) is 0 Å². The smallest absolute Gasteiger partial charge is 0.298 e. The Morgan fingerprint density at radius 3 is 2.62 bits per heavy atom. The second-order valence-electron chi connectivity index (χ2n) is 8.46. The van der Waals surface area contributed by atoms with Crippen LogP contribution in [0.4, 0.5) is 10.5 Å². The van der Waals surface area contributed by atoms with Crippen molar-refractivity contribution in [1.82, 2.24) is 9.47 Å². The summed E-state index contributed by atoms with van der Waals surface area (Å²) in [4.78, 5) is 42.2. The van der Waals surface area contributed by atoms with Gasteiger partial charge in [-0.15, -0.1) is 0 Å². The quantitative estimate of drug-likeness (QED) is 0.426. The van der Waals surface area contributed by atoms with Gasteiger partial charge in [0.25, 0.3) is 11.1 Å². The van der Waals surface area contributed by atoms with Crippen molar-refractivity contribution in [2.75, 3.05) is 18.0 Å². The number of anilines is 1. The lowest BCUT2D eigenvalue weighted by atomic mass is 10.1. The normalized spacial score (nSPS) is 17.5. The summed E-state index contributed by atoms with van der Waals surface area (Å²) < 4.78 is 1.99. The summed E-state index contributed by atoms with van der Waals surface area (Å²) >= 11 is 6.98. The Bertz CT molecular complexity index is 1340. The number of hydrogen-bond acceptors (Lipinski definition) is 4. The fourth-order valence-electron chi connectivity index (χ4n) is 4.65. The largest absolute Gasteiger partial charge is 0.341 e. The maximum Gasteiger partial charge on any atom is 0.298 e. The highest BCUT2D eigenvalue weighted by atomic mass is 35.5. The van der Waals surface area contributed by atoms with Crippen LogP contribution in [0, 0.1) is 0 Å². The van der Waals surface area contributed by atoms with E-state index in [1.807, 2.05) is 27.8 Å².